The maximum atomic E-state index is 10.8. The third-order valence-corrected chi connectivity index (χ3v) is 1.24. The highest BCUT2D eigenvalue weighted by atomic mass is 16.5. The first-order valence-electron chi connectivity index (χ1n) is 3.56. The molecule has 0 saturated carbocycles. The number of carbonyl (C=O) groups is 1. The summed E-state index contributed by atoms with van der Waals surface area (Å²) < 4.78 is 4.84. The van der Waals surface area contributed by atoms with Crippen molar-refractivity contribution in [3.05, 3.63) is 0 Å². The predicted molar refractivity (Wildman–Crippen MR) is 39.8 cm³/mol. The summed E-state index contributed by atoms with van der Waals surface area (Å²) in [5.41, 5.74) is 0. The van der Waals surface area contributed by atoms with E-state index in [1.54, 1.807) is 14.0 Å². The monoisotopic (exact) mass is 145 g/mol. The van der Waals surface area contributed by atoms with E-state index in [0.717, 1.165) is 6.42 Å². The summed E-state index contributed by atoms with van der Waals surface area (Å²) in [4.78, 5) is 10.8. The molecular formula is C7H15NO2. The van der Waals surface area contributed by atoms with Crippen molar-refractivity contribution >= 4 is 5.97 Å². The van der Waals surface area contributed by atoms with Gasteiger partial charge in [-0.3, -0.25) is 4.79 Å². The SMILES string of the molecule is CCCOC(=O)[C@H](C)NC. The van der Waals surface area contributed by atoms with Crippen molar-refractivity contribution < 1.29 is 9.53 Å². The summed E-state index contributed by atoms with van der Waals surface area (Å²) in [7, 11) is 1.73. The van der Waals surface area contributed by atoms with Crippen LogP contribution in [-0.2, 0) is 9.53 Å². The van der Waals surface area contributed by atoms with E-state index in [9.17, 15) is 4.79 Å². The molecule has 0 heterocycles. The van der Waals surface area contributed by atoms with E-state index in [1.807, 2.05) is 6.92 Å². The molecule has 0 aliphatic rings. The molecule has 0 rings (SSSR count). The second kappa shape index (κ2) is 5.23. The van der Waals surface area contributed by atoms with Crippen LogP contribution in [0.15, 0.2) is 0 Å². The van der Waals surface area contributed by atoms with Crippen molar-refractivity contribution in [3.63, 3.8) is 0 Å². The summed E-state index contributed by atoms with van der Waals surface area (Å²) in [6.45, 7) is 4.26. The van der Waals surface area contributed by atoms with Gasteiger partial charge in [-0.2, -0.15) is 0 Å². The first-order valence-corrected chi connectivity index (χ1v) is 3.56. The van der Waals surface area contributed by atoms with Gasteiger partial charge in [0.25, 0.3) is 0 Å². The summed E-state index contributed by atoms with van der Waals surface area (Å²) in [5, 5.41) is 2.80. The molecule has 3 heteroatoms. The van der Waals surface area contributed by atoms with E-state index in [0.29, 0.717) is 6.61 Å². The summed E-state index contributed by atoms with van der Waals surface area (Å²) >= 11 is 0. The molecule has 3 nitrogen and oxygen atoms in total. The fraction of sp³-hybridized carbons (Fsp3) is 0.857. The van der Waals surface area contributed by atoms with Gasteiger partial charge in [0.2, 0.25) is 0 Å². The molecule has 60 valence electrons. The first kappa shape index (κ1) is 9.43. The molecule has 0 unspecified atom stereocenters. The molecular weight excluding hydrogens is 130 g/mol. The number of hydrogen-bond acceptors (Lipinski definition) is 3. The van der Waals surface area contributed by atoms with Gasteiger partial charge in [-0.05, 0) is 20.4 Å². The van der Waals surface area contributed by atoms with Crippen LogP contribution in [-0.4, -0.2) is 25.7 Å². The smallest absolute Gasteiger partial charge is 0.322 e. The molecule has 0 aliphatic carbocycles. The molecule has 10 heavy (non-hydrogen) atoms. The molecule has 0 radical (unpaired) electrons. The Kier molecular flexibility index (Phi) is 4.94. The lowest BCUT2D eigenvalue weighted by Crippen LogP contribution is -2.32. The average Bonchev–Trinajstić information content (AvgIpc) is 1.98. The maximum absolute atomic E-state index is 10.8. The van der Waals surface area contributed by atoms with E-state index >= 15 is 0 Å². The van der Waals surface area contributed by atoms with E-state index in [-0.39, 0.29) is 12.0 Å². The Hall–Kier alpha value is -0.570. The number of hydrogen-bond donors (Lipinski definition) is 1. The number of esters is 1. The standard InChI is InChI=1S/C7H15NO2/c1-4-5-10-7(9)6(2)8-3/h6,8H,4-5H2,1-3H3/t6-/m0/s1. The Labute approximate surface area is 61.8 Å². The zero-order valence-corrected chi connectivity index (χ0v) is 6.81. The number of rotatable bonds is 4. The van der Waals surface area contributed by atoms with Crippen molar-refractivity contribution in [3.8, 4) is 0 Å². The fourth-order valence-electron chi connectivity index (χ4n) is 0.446. The zero-order valence-electron chi connectivity index (χ0n) is 6.81. The van der Waals surface area contributed by atoms with Crippen LogP contribution in [0.4, 0.5) is 0 Å². The van der Waals surface area contributed by atoms with E-state index < -0.39 is 0 Å². The second-order valence-electron chi connectivity index (χ2n) is 2.18. The molecule has 0 fully saturated rings. The first-order chi connectivity index (χ1) is 4.72. The molecule has 0 aliphatic heterocycles. The molecule has 1 N–H and O–H groups in total. The molecule has 0 aromatic rings. The van der Waals surface area contributed by atoms with Crippen molar-refractivity contribution in [2.45, 2.75) is 26.3 Å². The van der Waals surface area contributed by atoms with E-state index in [4.69, 9.17) is 4.74 Å². The van der Waals surface area contributed by atoms with Gasteiger partial charge in [-0.1, -0.05) is 6.92 Å². The van der Waals surface area contributed by atoms with Crippen LogP contribution in [0.5, 0.6) is 0 Å². The largest absolute Gasteiger partial charge is 0.465 e. The predicted octanol–water partition coefficient (Wildman–Crippen LogP) is 0.547. The fourth-order valence-corrected chi connectivity index (χ4v) is 0.446. The van der Waals surface area contributed by atoms with E-state index in [2.05, 4.69) is 5.32 Å². The molecule has 0 spiro atoms. The quantitative estimate of drug-likeness (QED) is 0.587. The van der Waals surface area contributed by atoms with Gasteiger partial charge in [-0.25, -0.2) is 0 Å². The summed E-state index contributed by atoms with van der Waals surface area (Å²) in [6, 6.07) is -0.188. The third kappa shape index (κ3) is 3.45. The maximum Gasteiger partial charge on any atom is 0.322 e. The molecule has 0 aromatic carbocycles. The van der Waals surface area contributed by atoms with Crippen LogP contribution in [0, 0.1) is 0 Å². The Morgan fingerprint density at radius 1 is 1.70 bits per heavy atom. The van der Waals surface area contributed by atoms with Crippen LogP contribution in [0.3, 0.4) is 0 Å². The van der Waals surface area contributed by atoms with Gasteiger partial charge in [0.15, 0.2) is 0 Å². The zero-order chi connectivity index (χ0) is 7.98. The van der Waals surface area contributed by atoms with Gasteiger partial charge in [0.1, 0.15) is 6.04 Å². The van der Waals surface area contributed by atoms with Crippen molar-refractivity contribution in [1.82, 2.24) is 5.32 Å². The van der Waals surface area contributed by atoms with Gasteiger partial charge < -0.3 is 10.1 Å². The lowest BCUT2D eigenvalue weighted by Gasteiger charge is -2.08. The molecule has 1 atom stereocenters. The number of carbonyl (C=O) groups excluding carboxylic acids is 1. The van der Waals surface area contributed by atoms with E-state index in [1.165, 1.54) is 0 Å². The molecule has 0 bridgehead atoms. The molecule has 0 amide bonds. The van der Waals surface area contributed by atoms with Gasteiger partial charge >= 0.3 is 5.97 Å². The van der Waals surface area contributed by atoms with Crippen LogP contribution in [0.25, 0.3) is 0 Å². The lowest BCUT2D eigenvalue weighted by atomic mass is 10.3. The van der Waals surface area contributed by atoms with Crippen molar-refractivity contribution in [2.24, 2.45) is 0 Å². The number of nitrogens with one attached hydrogen (secondary N) is 1. The minimum absolute atomic E-state index is 0.177. The van der Waals surface area contributed by atoms with Gasteiger partial charge in [0.05, 0.1) is 6.61 Å². The second-order valence-corrected chi connectivity index (χ2v) is 2.18. The average molecular weight is 145 g/mol. The minimum atomic E-state index is -0.188. The Bertz CT molecular complexity index is 104. The molecule has 0 saturated heterocycles. The topological polar surface area (TPSA) is 38.3 Å². The van der Waals surface area contributed by atoms with Crippen molar-refractivity contribution in [1.29, 1.82) is 0 Å². The lowest BCUT2D eigenvalue weighted by molar-refractivity contribution is -0.145. The summed E-state index contributed by atoms with van der Waals surface area (Å²) in [5.74, 6) is -0.177. The number of ether oxygens (including phenoxy) is 1. The van der Waals surface area contributed by atoms with Crippen LogP contribution >= 0.6 is 0 Å². The highest BCUT2D eigenvalue weighted by molar-refractivity contribution is 5.75. The Balaban J connectivity index is 3.42. The van der Waals surface area contributed by atoms with Crippen LogP contribution in [0.2, 0.25) is 0 Å². The van der Waals surface area contributed by atoms with Gasteiger partial charge in [-0.15, -0.1) is 0 Å². The molecule has 0 aromatic heterocycles. The minimum Gasteiger partial charge on any atom is -0.465 e. The van der Waals surface area contributed by atoms with Gasteiger partial charge in [0, 0.05) is 0 Å². The Morgan fingerprint density at radius 3 is 2.70 bits per heavy atom. The van der Waals surface area contributed by atoms with Crippen LogP contribution in [0.1, 0.15) is 20.3 Å². The third-order valence-electron chi connectivity index (χ3n) is 1.24. The number of likely N-dealkylation sites (N-methyl/N-ethyl adjacent to an activating group) is 1. The van der Waals surface area contributed by atoms with Crippen molar-refractivity contribution in [2.75, 3.05) is 13.7 Å². The normalized spacial score (nSPS) is 12.7. The highest BCUT2D eigenvalue weighted by Crippen LogP contribution is 1.87. The summed E-state index contributed by atoms with van der Waals surface area (Å²) in [6.07, 6.45) is 0.877. The highest BCUT2D eigenvalue weighted by Gasteiger charge is 2.09. The van der Waals surface area contributed by atoms with Crippen LogP contribution < -0.4 is 5.32 Å². The Morgan fingerprint density at radius 2 is 2.30 bits per heavy atom.